The number of carbonyl (C=O) groups excluding carboxylic acids is 1. The lowest BCUT2D eigenvalue weighted by Crippen LogP contribution is -2.28. The van der Waals surface area contributed by atoms with Crippen LogP contribution in [0.1, 0.15) is 36.5 Å². The molecule has 0 radical (unpaired) electrons. The first kappa shape index (κ1) is 14.6. The molecule has 1 saturated heterocycles. The van der Waals surface area contributed by atoms with Crippen LogP contribution in [0.2, 0.25) is 0 Å². The van der Waals surface area contributed by atoms with Crippen molar-refractivity contribution >= 4 is 32.6 Å². The van der Waals surface area contributed by atoms with Crippen molar-refractivity contribution in [1.29, 1.82) is 0 Å². The summed E-state index contributed by atoms with van der Waals surface area (Å²) in [6.45, 7) is 4.04. The summed E-state index contributed by atoms with van der Waals surface area (Å²) in [6, 6.07) is 12.1. The van der Waals surface area contributed by atoms with E-state index in [0.717, 1.165) is 40.3 Å². The fourth-order valence-corrected chi connectivity index (χ4v) is 3.57. The normalized spacial score (nSPS) is 18.4. The van der Waals surface area contributed by atoms with Gasteiger partial charge in [-0.25, -0.2) is 0 Å². The number of nitrogens with zero attached hydrogens (tertiary/aromatic N) is 1. The van der Waals surface area contributed by atoms with E-state index in [4.69, 9.17) is 0 Å². The molecular weight excluding hydrogens is 326 g/mol. The largest absolute Gasteiger partial charge is 0.338 e. The molecule has 0 saturated carbocycles. The molecule has 2 nitrogen and oxygen atoms in total. The van der Waals surface area contributed by atoms with Gasteiger partial charge in [0, 0.05) is 23.1 Å². The number of hydrogen-bond acceptors (Lipinski definition) is 1. The second-order valence-corrected chi connectivity index (χ2v) is 6.82. The molecule has 21 heavy (non-hydrogen) atoms. The van der Waals surface area contributed by atoms with Gasteiger partial charge in [0.25, 0.3) is 5.91 Å². The van der Waals surface area contributed by atoms with Gasteiger partial charge in [0.05, 0.1) is 0 Å². The van der Waals surface area contributed by atoms with Crippen molar-refractivity contribution in [3.05, 3.63) is 46.4 Å². The van der Waals surface area contributed by atoms with Crippen molar-refractivity contribution < 1.29 is 4.79 Å². The minimum atomic E-state index is 0.179. The molecule has 1 fully saturated rings. The molecule has 1 unspecified atom stereocenters. The summed E-state index contributed by atoms with van der Waals surface area (Å²) in [5, 5.41) is 2.28. The lowest BCUT2D eigenvalue weighted by Gasteiger charge is -2.17. The van der Waals surface area contributed by atoms with E-state index in [-0.39, 0.29) is 5.91 Å². The van der Waals surface area contributed by atoms with Crippen LogP contribution in [-0.4, -0.2) is 23.9 Å². The SMILES string of the molecule is CCCC1CCN(C(=O)c2ccc3cc(Br)ccc3c2)C1. The lowest BCUT2D eigenvalue weighted by molar-refractivity contribution is 0.0786. The monoisotopic (exact) mass is 345 g/mol. The molecule has 3 heteroatoms. The van der Waals surface area contributed by atoms with Gasteiger partial charge >= 0.3 is 0 Å². The molecular formula is C18H20BrNO. The van der Waals surface area contributed by atoms with E-state index in [0.29, 0.717) is 5.92 Å². The Morgan fingerprint density at radius 3 is 2.81 bits per heavy atom. The van der Waals surface area contributed by atoms with Crippen LogP contribution in [0, 0.1) is 5.92 Å². The summed E-state index contributed by atoms with van der Waals surface area (Å²) >= 11 is 3.48. The zero-order valence-corrected chi connectivity index (χ0v) is 13.9. The maximum atomic E-state index is 12.6. The predicted molar refractivity (Wildman–Crippen MR) is 90.6 cm³/mol. The summed E-state index contributed by atoms with van der Waals surface area (Å²) < 4.78 is 1.07. The van der Waals surface area contributed by atoms with Crippen LogP contribution in [0.4, 0.5) is 0 Å². The summed E-state index contributed by atoms with van der Waals surface area (Å²) in [5.41, 5.74) is 0.807. The van der Waals surface area contributed by atoms with Crippen LogP contribution in [0.3, 0.4) is 0 Å². The van der Waals surface area contributed by atoms with E-state index in [1.165, 1.54) is 12.8 Å². The predicted octanol–water partition coefficient (Wildman–Crippen LogP) is 4.86. The number of likely N-dealkylation sites (tertiary alicyclic amines) is 1. The fourth-order valence-electron chi connectivity index (χ4n) is 3.19. The minimum absolute atomic E-state index is 0.179. The average molecular weight is 346 g/mol. The number of rotatable bonds is 3. The van der Waals surface area contributed by atoms with Gasteiger partial charge in [-0.1, -0.05) is 41.4 Å². The molecule has 3 rings (SSSR count). The Labute approximate surface area is 134 Å². The van der Waals surface area contributed by atoms with Crippen LogP contribution in [0.15, 0.2) is 40.9 Å². The minimum Gasteiger partial charge on any atom is -0.338 e. The van der Waals surface area contributed by atoms with E-state index in [1.807, 2.05) is 29.2 Å². The summed E-state index contributed by atoms with van der Waals surface area (Å²) in [4.78, 5) is 14.6. The number of amides is 1. The zero-order chi connectivity index (χ0) is 14.8. The Kier molecular flexibility index (Phi) is 4.29. The van der Waals surface area contributed by atoms with Crippen molar-refractivity contribution in [1.82, 2.24) is 4.90 Å². The molecule has 1 aliphatic heterocycles. The lowest BCUT2D eigenvalue weighted by atomic mass is 10.0. The summed E-state index contributed by atoms with van der Waals surface area (Å²) in [6.07, 6.45) is 3.59. The van der Waals surface area contributed by atoms with Crippen LogP contribution < -0.4 is 0 Å². The van der Waals surface area contributed by atoms with Crippen molar-refractivity contribution in [2.75, 3.05) is 13.1 Å². The van der Waals surface area contributed by atoms with Crippen LogP contribution in [0.25, 0.3) is 10.8 Å². The van der Waals surface area contributed by atoms with E-state index in [2.05, 4.69) is 35.0 Å². The standard InChI is InChI=1S/C18H20BrNO/c1-2-3-13-8-9-20(12-13)18(21)16-5-4-15-11-17(19)7-6-14(15)10-16/h4-7,10-11,13H,2-3,8-9,12H2,1H3. The first-order valence-electron chi connectivity index (χ1n) is 7.66. The molecule has 0 N–H and O–H groups in total. The molecule has 1 heterocycles. The molecule has 1 atom stereocenters. The molecule has 2 aromatic rings. The first-order valence-corrected chi connectivity index (χ1v) is 8.45. The quantitative estimate of drug-likeness (QED) is 0.777. The number of fused-ring (bicyclic) bond motifs is 1. The molecule has 0 bridgehead atoms. The molecule has 1 amide bonds. The zero-order valence-electron chi connectivity index (χ0n) is 12.3. The molecule has 0 aliphatic carbocycles. The van der Waals surface area contributed by atoms with Crippen molar-refractivity contribution in [3.63, 3.8) is 0 Å². The first-order chi connectivity index (χ1) is 10.2. The smallest absolute Gasteiger partial charge is 0.253 e. The maximum Gasteiger partial charge on any atom is 0.253 e. The van der Waals surface area contributed by atoms with Crippen molar-refractivity contribution in [2.45, 2.75) is 26.2 Å². The van der Waals surface area contributed by atoms with Crippen LogP contribution in [-0.2, 0) is 0 Å². The fraction of sp³-hybridized carbons (Fsp3) is 0.389. The highest BCUT2D eigenvalue weighted by atomic mass is 79.9. The van der Waals surface area contributed by atoms with E-state index < -0.39 is 0 Å². The van der Waals surface area contributed by atoms with E-state index in [9.17, 15) is 4.79 Å². The number of hydrogen-bond donors (Lipinski definition) is 0. The average Bonchev–Trinajstić information content (AvgIpc) is 2.95. The van der Waals surface area contributed by atoms with Gasteiger partial charge in [-0.15, -0.1) is 0 Å². The number of benzene rings is 2. The molecule has 1 aliphatic rings. The van der Waals surface area contributed by atoms with Crippen molar-refractivity contribution in [2.24, 2.45) is 5.92 Å². The van der Waals surface area contributed by atoms with E-state index in [1.54, 1.807) is 0 Å². The van der Waals surface area contributed by atoms with Gasteiger partial charge in [0.2, 0.25) is 0 Å². The van der Waals surface area contributed by atoms with Crippen molar-refractivity contribution in [3.8, 4) is 0 Å². The summed E-state index contributed by atoms with van der Waals surface area (Å²) in [5.74, 6) is 0.869. The molecule has 2 aromatic carbocycles. The van der Waals surface area contributed by atoms with Gasteiger partial charge in [-0.2, -0.15) is 0 Å². The van der Waals surface area contributed by atoms with Gasteiger partial charge in [-0.05, 0) is 53.8 Å². The van der Waals surface area contributed by atoms with Gasteiger partial charge in [0.1, 0.15) is 0 Å². The number of carbonyl (C=O) groups is 1. The van der Waals surface area contributed by atoms with Gasteiger partial charge in [-0.3, -0.25) is 4.79 Å². The Morgan fingerprint density at radius 2 is 2.00 bits per heavy atom. The van der Waals surface area contributed by atoms with Gasteiger partial charge < -0.3 is 4.90 Å². The Bertz CT molecular complexity index is 667. The van der Waals surface area contributed by atoms with E-state index >= 15 is 0 Å². The second kappa shape index (κ2) is 6.18. The number of halogens is 1. The maximum absolute atomic E-state index is 12.6. The Hall–Kier alpha value is -1.35. The second-order valence-electron chi connectivity index (χ2n) is 5.90. The molecule has 0 spiro atoms. The highest BCUT2D eigenvalue weighted by molar-refractivity contribution is 9.10. The third-order valence-electron chi connectivity index (χ3n) is 4.32. The van der Waals surface area contributed by atoms with Crippen LogP contribution >= 0.6 is 15.9 Å². The van der Waals surface area contributed by atoms with Crippen LogP contribution in [0.5, 0.6) is 0 Å². The van der Waals surface area contributed by atoms with Gasteiger partial charge in [0.15, 0.2) is 0 Å². The molecule has 0 aromatic heterocycles. The Balaban J connectivity index is 1.80. The third-order valence-corrected chi connectivity index (χ3v) is 4.81. The molecule has 110 valence electrons. The Morgan fingerprint density at radius 1 is 1.24 bits per heavy atom. The topological polar surface area (TPSA) is 20.3 Å². The third kappa shape index (κ3) is 3.13. The summed E-state index contributed by atoms with van der Waals surface area (Å²) in [7, 11) is 0. The highest BCUT2D eigenvalue weighted by Gasteiger charge is 2.26. The highest BCUT2D eigenvalue weighted by Crippen LogP contribution is 2.25.